The lowest BCUT2D eigenvalue weighted by atomic mass is 9.96. The van der Waals surface area contributed by atoms with Gasteiger partial charge in [0.2, 0.25) is 5.91 Å². The topological polar surface area (TPSA) is 101 Å². The van der Waals surface area contributed by atoms with Crippen LogP contribution in [0.3, 0.4) is 0 Å². The Bertz CT molecular complexity index is 1830. The number of furan rings is 1. The summed E-state index contributed by atoms with van der Waals surface area (Å²) in [5, 5.41) is 3.89. The smallest absolute Gasteiger partial charge is 0.253 e. The molecule has 2 atom stereocenters. The SMILES string of the molecule is Nc1ccc(C2CC2C(=O)NCc2cc3cc(-c4ccc(C(=O)N5CC(Cl)C5)cc4)cc(-c4ccc(F)cc4)c3o2)cn1. The fourth-order valence-electron chi connectivity index (χ4n) is 5.68. The number of rotatable bonds is 7. The second-order valence-corrected chi connectivity index (χ2v) is 11.8. The molecule has 2 aromatic heterocycles. The molecule has 1 saturated carbocycles. The number of halogens is 2. The maximum Gasteiger partial charge on any atom is 0.253 e. The highest BCUT2D eigenvalue weighted by Gasteiger charge is 2.44. The van der Waals surface area contributed by atoms with E-state index in [0.29, 0.717) is 35.8 Å². The molecule has 7 nitrogen and oxygen atoms in total. The summed E-state index contributed by atoms with van der Waals surface area (Å²) in [4.78, 5) is 31.5. The number of hydrogen-bond donors (Lipinski definition) is 2. The zero-order chi connectivity index (χ0) is 29.7. The Morgan fingerprint density at radius 2 is 1.72 bits per heavy atom. The largest absolute Gasteiger partial charge is 0.459 e. The lowest BCUT2D eigenvalue weighted by Crippen LogP contribution is -2.50. The molecule has 1 aliphatic heterocycles. The van der Waals surface area contributed by atoms with Crippen LogP contribution in [0.25, 0.3) is 33.2 Å². The molecule has 1 aliphatic carbocycles. The van der Waals surface area contributed by atoms with Gasteiger partial charge in [0.05, 0.1) is 11.9 Å². The molecule has 3 heterocycles. The standard InChI is InChI=1S/C34H28ClFN4O3/c35-25-17-40(18-25)34(42)21-3-1-19(2-4-21)23-11-24-12-27(43-32(24)29(13-23)20-5-8-26(36)9-6-20)16-39-33(41)30-14-28(30)22-7-10-31(37)38-15-22/h1-13,15,25,28,30H,14,16-18H2,(H2,37,38)(H,39,41). The monoisotopic (exact) mass is 594 g/mol. The molecule has 7 rings (SSSR count). The molecule has 43 heavy (non-hydrogen) atoms. The highest BCUT2D eigenvalue weighted by Crippen LogP contribution is 2.47. The third-order valence-corrected chi connectivity index (χ3v) is 8.49. The number of nitrogen functional groups attached to an aromatic ring is 1. The number of nitrogens with two attached hydrogens (primary N) is 1. The van der Waals surface area contributed by atoms with Crippen molar-refractivity contribution in [2.24, 2.45) is 5.92 Å². The van der Waals surface area contributed by atoms with Crippen molar-refractivity contribution in [3.8, 4) is 22.3 Å². The van der Waals surface area contributed by atoms with Crippen molar-refractivity contribution in [2.75, 3.05) is 18.8 Å². The minimum Gasteiger partial charge on any atom is -0.459 e. The highest BCUT2D eigenvalue weighted by atomic mass is 35.5. The van der Waals surface area contributed by atoms with Crippen molar-refractivity contribution in [3.63, 3.8) is 0 Å². The number of carbonyl (C=O) groups is 2. The quantitative estimate of drug-likeness (QED) is 0.213. The molecule has 0 radical (unpaired) electrons. The van der Waals surface area contributed by atoms with Gasteiger partial charge in [-0.05, 0) is 83.1 Å². The van der Waals surface area contributed by atoms with Crippen LogP contribution in [0.5, 0.6) is 0 Å². The van der Waals surface area contributed by atoms with Gasteiger partial charge >= 0.3 is 0 Å². The average molecular weight is 595 g/mol. The van der Waals surface area contributed by atoms with Gasteiger partial charge in [-0.2, -0.15) is 0 Å². The van der Waals surface area contributed by atoms with Crippen LogP contribution in [-0.4, -0.2) is 40.2 Å². The van der Waals surface area contributed by atoms with E-state index in [1.807, 2.05) is 48.5 Å². The summed E-state index contributed by atoms with van der Waals surface area (Å²) in [5.41, 5.74) is 11.4. The maximum absolute atomic E-state index is 13.8. The molecule has 3 N–H and O–H groups in total. The maximum atomic E-state index is 13.8. The number of fused-ring (bicyclic) bond motifs is 1. The lowest BCUT2D eigenvalue weighted by Gasteiger charge is -2.35. The van der Waals surface area contributed by atoms with Crippen LogP contribution < -0.4 is 11.1 Å². The average Bonchev–Trinajstić information content (AvgIpc) is 3.70. The van der Waals surface area contributed by atoms with E-state index in [-0.39, 0.29) is 41.4 Å². The van der Waals surface area contributed by atoms with Crippen molar-refractivity contribution in [2.45, 2.75) is 24.3 Å². The molecule has 5 aromatic rings. The Morgan fingerprint density at radius 3 is 2.42 bits per heavy atom. The number of benzene rings is 3. The molecule has 216 valence electrons. The number of pyridine rings is 1. The van der Waals surface area contributed by atoms with Crippen LogP contribution in [0.1, 0.15) is 34.0 Å². The first kappa shape index (κ1) is 27.2. The summed E-state index contributed by atoms with van der Waals surface area (Å²) in [6.45, 7) is 1.36. The van der Waals surface area contributed by atoms with Gasteiger partial charge in [-0.25, -0.2) is 9.37 Å². The fraction of sp³-hybridized carbons (Fsp3) is 0.206. The van der Waals surface area contributed by atoms with Gasteiger partial charge in [-0.1, -0.05) is 30.3 Å². The molecule has 2 fully saturated rings. The number of nitrogens with one attached hydrogen (secondary N) is 1. The summed E-state index contributed by atoms with van der Waals surface area (Å²) in [6, 6.07) is 23.4. The van der Waals surface area contributed by atoms with Crippen LogP contribution in [0, 0.1) is 11.7 Å². The molecule has 2 amide bonds. The van der Waals surface area contributed by atoms with E-state index in [1.165, 1.54) is 12.1 Å². The van der Waals surface area contributed by atoms with Crippen LogP contribution in [0.2, 0.25) is 0 Å². The van der Waals surface area contributed by atoms with E-state index < -0.39 is 0 Å². The summed E-state index contributed by atoms with van der Waals surface area (Å²) >= 11 is 6.04. The number of alkyl halides is 1. The van der Waals surface area contributed by atoms with Crippen molar-refractivity contribution in [3.05, 3.63) is 108 Å². The summed E-state index contributed by atoms with van der Waals surface area (Å²) in [7, 11) is 0. The zero-order valence-corrected chi connectivity index (χ0v) is 23.9. The number of hydrogen-bond acceptors (Lipinski definition) is 5. The van der Waals surface area contributed by atoms with Gasteiger partial charge in [0.1, 0.15) is 23.0 Å². The Morgan fingerprint density at radius 1 is 0.977 bits per heavy atom. The van der Waals surface area contributed by atoms with E-state index in [0.717, 1.165) is 39.6 Å². The van der Waals surface area contributed by atoms with E-state index in [2.05, 4.69) is 10.3 Å². The molecule has 3 aromatic carbocycles. The molecule has 2 unspecified atom stereocenters. The second-order valence-electron chi connectivity index (χ2n) is 11.2. The molecular weight excluding hydrogens is 567 g/mol. The van der Waals surface area contributed by atoms with Crippen LogP contribution in [0.4, 0.5) is 10.2 Å². The first-order valence-corrected chi connectivity index (χ1v) is 14.6. The molecule has 1 saturated heterocycles. The second kappa shape index (κ2) is 10.9. The van der Waals surface area contributed by atoms with Crippen molar-refractivity contribution < 1.29 is 18.4 Å². The lowest BCUT2D eigenvalue weighted by molar-refractivity contribution is -0.122. The van der Waals surface area contributed by atoms with E-state index in [1.54, 1.807) is 29.3 Å². The van der Waals surface area contributed by atoms with E-state index in [9.17, 15) is 14.0 Å². The number of anilines is 1. The highest BCUT2D eigenvalue weighted by molar-refractivity contribution is 6.22. The van der Waals surface area contributed by atoms with E-state index >= 15 is 0 Å². The van der Waals surface area contributed by atoms with Gasteiger partial charge in [0.15, 0.2) is 0 Å². The minimum absolute atomic E-state index is 0.0192. The Labute approximate surface area is 252 Å². The third-order valence-electron chi connectivity index (χ3n) is 8.21. The number of nitrogens with zero attached hydrogens (tertiary/aromatic N) is 2. The predicted molar refractivity (Wildman–Crippen MR) is 164 cm³/mol. The van der Waals surface area contributed by atoms with Crippen LogP contribution >= 0.6 is 11.6 Å². The fourth-order valence-corrected chi connectivity index (χ4v) is 6.01. The normalized spacial score (nSPS) is 18.0. The number of likely N-dealkylation sites (tertiary alicyclic amines) is 1. The third kappa shape index (κ3) is 5.46. The zero-order valence-electron chi connectivity index (χ0n) is 23.1. The van der Waals surface area contributed by atoms with E-state index in [4.69, 9.17) is 21.8 Å². The van der Waals surface area contributed by atoms with Gasteiger partial charge in [-0.3, -0.25) is 9.59 Å². The molecular formula is C34H28ClFN4O3. The van der Waals surface area contributed by atoms with Crippen molar-refractivity contribution >= 4 is 40.2 Å². The van der Waals surface area contributed by atoms with Gasteiger partial charge in [0.25, 0.3) is 5.91 Å². The van der Waals surface area contributed by atoms with Crippen molar-refractivity contribution in [1.82, 2.24) is 15.2 Å². The number of aromatic nitrogens is 1. The van der Waals surface area contributed by atoms with Gasteiger partial charge in [0, 0.05) is 41.7 Å². The summed E-state index contributed by atoms with van der Waals surface area (Å²) in [5.74, 6) is 0.715. The molecule has 0 bridgehead atoms. The van der Waals surface area contributed by atoms with Gasteiger partial charge < -0.3 is 20.4 Å². The molecule has 9 heteroatoms. The van der Waals surface area contributed by atoms with Crippen LogP contribution in [0.15, 0.2) is 89.5 Å². The van der Waals surface area contributed by atoms with Crippen molar-refractivity contribution in [1.29, 1.82) is 0 Å². The minimum atomic E-state index is -0.324. The first-order valence-electron chi connectivity index (χ1n) is 14.2. The molecule has 2 aliphatic rings. The molecule has 0 spiro atoms. The Hall–Kier alpha value is -4.69. The number of carbonyl (C=O) groups excluding carboxylic acids is 2. The Balaban J connectivity index is 1.14. The Kier molecular flexibility index (Phi) is 6.86. The summed E-state index contributed by atoms with van der Waals surface area (Å²) < 4.78 is 20.0. The van der Waals surface area contributed by atoms with Crippen LogP contribution in [-0.2, 0) is 11.3 Å². The number of amides is 2. The predicted octanol–water partition coefficient (Wildman–Crippen LogP) is 6.37. The van der Waals surface area contributed by atoms with Gasteiger partial charge in [-0.15, -0.1) is 11.6 Å². The summed E-state index contributed by atoms with van der Waals surface area (Å²) in [6.07, 6.45) is 2.50. The first-order chi connectivity index (χ1) is 20.8.